The molecule has 3 aromatic heterocycles. The van der Waals surface area contributed by atoms with E-state index < -0.39 is 0 Å². The maximum Gasteiger partial charge on any atom is 0.213 e. The lowest BCUT2D eigenvalue weighted by atomic mass is 10.1. The molecule has 1 N–H and O–H groups in total. The summed E-state index contributed by atoms with van der Waals surface area (Å²) in [6.45, 7) is -0.131. The molecule has 0 aliphatic rings. The molecule has 3 heterocycles. The van der Waals surface area contributed by atoms with Crippen LogP contribution in [0.2, 0.25) is 0 Å². The van der Waals surface area contributed by atoms with Gasteiger partial charge in [-0.15, -0.1) is 0 Å². The first-order chi connectivity index (χ1) is 10.8. The molecule has 110 valence electrons. The lowest BCUT2D eigenvalue weighted by molar-refractivity contribution is 0.275. The monoisotopic (exact) mass is 375 g/mol. The zero-order chi connectivity index (χ0) is 15.1. The van der Waals surface area contributed by atoms with Gasteiger partial charge in [0.25, 0.3) is 0 Å². The maximum atomic E-state index is 9.73. The molecule has 0 bridgehead atoms. The van der Waals surface area contributed by atoms with E-state index in [1.54, 1.807) is 10.8 Å². The van der Waals surface area contributed by atoms with E-state index in [1.165, 1.54) is 11.3 Å². The summed E-state index contributed by atoms with van der Waals surface area (Å²) in [6, 6.07) is 11.5. The van der Waals surface area contributed by atoms with E-state index in [0.717, 1.165) is 25.7 Å². The van der Waals surface area contributed by atoms with Crippen LogP contribution in [0.15, 0.2) is 51.6 Å². The third-order valence-electron chi connectivity index (χ3n) is 3.30. The van der Waals surface area contributed by atoms with Gasteiger partial charge in [-0.25, -0.2) is 9.50 Å². The van der Waals surface area contributed by atoms with Crippen LogP contribution in [0.4, 0.5) is 0 Å². The normalized spacial score (nSPS) is 11.4. The molecule has 0 atom stereocenters. The van der Waals surface area contributed by atoms with Crippen LogP contribution >= 0.6 is 27.3 Å². The SMILES string of the molecule is OCc1c(-c2ccc(Br)cc2)nc2sc(-c3ccco3)nn12. The molecule has 0 spiro atoms. The minimum absolute atomic E-state index is 0.131. The molecule has 5 nitrogen and oxygen atoms in total. The molecule has 0 radical (unpaired) electrons. The van der Waals surface area contributed by atoms with Crippen molar-refractivity contribution in [3.63, 3.8) is 0 Å². The quantitative estimate of drug-likeness (QED) is 0.588. The van der Waals surface area contributed by atoms with Gasteiger partial charge in [0.2, 0.25) is 4.96 Å². The number of fused-ring (bicyclic) bond motifs is 1. The first-order valence-electron chi connectivity index (χ1n) is 6.55. The van der Waals surface area contributed by atoms with Crippen LogP contribution in [0.25, 0.3) is 27.0 Å². The van der Waals surface area contributed by atoms with E-state index in [9.17, 15) is 5.11 Å². The number of halogens is 1. The van der Waals surface area contributed by atoms with Crippen LogP contribution in [0.1, 0.15) is 5.69 Å². The van der Waals surface area contributed by atoms with Gasteiger partial charge in [0.05, 0.1) is 24.3 Å². The zero-order valence-corrected chi connectivity index (χ0v) is 13.6. The maximum absolute atomic E-state index is 9.73. The Bertz CT molecular complexity index is 926. The molecule has 0 unspecified atom stereocenters. The summed E-state index contributed by atoms with van der Waals surface area (Å²) in [6.07, 6.45) is 1.61. The average molecular weight is 376 g/mol. The molecule has 0 saturated heterocycles. The van der Waals surface area contributed by atoms with Crippen LogP contribution in [0.5, 0.6) is 0 Å². The minimum atomic E-state index is -0.131. The number of rotatable bonds is 3. The number of aliphatic hydroxyl groups is 1. The van der Waals surface area contributed by atoms with E-state index in [1.807, 2.05) is 36.4 Å². The van der Waals surface area contributed by atoms with Gasteiger partial charge in [0, 0.05) is 10.0 Å². The summed E-state index contributed by atoms with van der Waals surface area (Å²) in [7, 11) is 0. The van der Waals surface area contributed by atoms with E-state index in [2.05, 4.69) is 26.0 Å². The van der Waals surface area contributed by atoms with Crippen molar-refractivity contribution in [3.8, 4) is 22.0 Å². The third kappa shape index (κ3) is 2.18. The van der Waals surface area contributed by atoms with Crippen LogP contribution in [0.3, 0.4) is 0 Å². The summed E-state index contributed by atoms with van der Waals surface area (Å²) in [5.74, 6) is 0.699. The molecular formula is C15H10BrN3O2S. The second kappa shape index (κ2) is 5.35. The van der Waals surface area contributed by atoms with E-state index in [4.69, 9.17) is 4.42 Å². The number of nitrogens with zero attached hydrogens (tertiary/aromatic N) is 3. The van der Waals surface area contributed by atoms with Crippen molar-refractivity contribution in [1.82, 2.24) is 14.6 Å². The van der Waals surface area contributed by atoms with Crippen LogP contribution in [0, 0.1) is 0 Å². The number of benzene rings is 1. The van der Waals surface area contributed by atoms with Gasteiger partial charge in [-0.1, -0.05) is 39.4 Å². The van der Waals surface area contributed by atoms with E-state index in [-0.39, 0.29) is 6.61 Å². The second-order valence-electron chi connectivity index (χ2n) is 4.65. The molecule has 7 heteroatoms. The fourth-order valence-electron chi connectivity index (χ4n) is 2.27. The molecule has 0 aliphatic carbocycles. The van der Waals surface area contributed by atoms with E-state index in [0.29, 0.717) is 11.5 Å². The number of aromatic nitrogens is 3. The van der Waals surface area contributed by atoms with Crippen molar-refractivity contribution in [3.05, 3.63) is 52.8 Å². The molecule has 0 amide bonds. The fourth-order valence-corrected chi connectivity index (χ4v) is 3.42. The Morgan fingerprint density at radius 3 is 2.73 bits per heavy atom. The summed E-state index contributed by atoms with van der Waals surface area (Å²) in [5.41, 5.74) is 2.37. The number of hydrogen-bond acceptors (Lipinski definition) is 5. The van der Waals surface area contributed by atoms with Crippen LogP contribution in [-0.2, 0) is 6.61 Å². The first kappa shape index (κ1) is 13.7. The smallest absolute Gasteiger partial charge is 0.213 e. The third-order valence-corrected chi connectivity index (χ3v) is 4.75. The van der Waals surface area contributed by atoms with Gasteiger partial charge in [-0.2, -0.15) is 5.10 Å². The Kier molecular flexibility index (Phi) is 3.33. The Balaban J connectivity index is 1.87. The van der Waals surface area contributed by atoms with Gasteiger partial charge in [0.1, 0.15) is 0 Å². The molecule has 0 saturated carbocycles. The highest BCUT2D eigenvalue weighted by Gasteiger charge is 2.18. The number of imidazole rings is 1. The van der Waals surface area contributed by atoms with Crippen molar-refractivity contribution in [1.29, 1.82) is 0 Å². The predicted octanol–water partition coefficient (Wildman–Crippen LogP) is 3.97. The number of furan rings is 1. The van der Waals surface area contributed by atoms with Crippen LogP contribution in [-0.4, -0.2) is 19.7 Å². The van der Waals surface area contributed by atoms with Gasteiger partial charge < -0.3 is 9.52 Å². The largest absolute Gasteiger partial charge is 0.462 e. The average Bonchev–Trinajstić information content (AvgIpc) is 3.22. The highest BCUT2D eigenvalue weighted by molar-refractivity contribution is 9.10. The van der Waals surface area contributed by atoms with Gasteiger partial charge in [-0.05, 0) is 24.3 Å². The highest BCUT2D eigenvalue weighted by Crippen LogP contribution is 2.31. The Labute approximate surface area is 138 Å². The molecule has 1 aromatic carbocycles. The van der Waals surface area contributed by atoms with Gasteiger partial charge in [0.15, 0.2) is 10.8 Å². The second-order valence-corrected chi connectivity index (χ2v) is 6.52. The Hall–Kier alpha value is -1.96. The molecular weight excluding hydrogens is 366 g/mol. The lowest BCUT2D eigenvalue weighted by Crippen LogP contribution is -1.95. The summed E-state index contributed by atoms with van der Waals surface area (Å²) in [5, 5.41) is 15.0. The van der Waals surface area contributed by atoms with Gasteiger partial charge >= 0.3 is 0 Å². The van der Waals surface area contributed by atoms with Crippen LogP contribution < -0.4 is 0 Å². The minimum Gasteiger partial charge on any atom is -0.462 e. The Morgan fingerprint density at radius 2 is 2.05 bits per heavy atom. The number of hydrogen-bond donors (Lipinski definition) is 1. The van der Waals surface area contributed by atoms with Crippen molar-refractivity contribution in [2.45, 2.75) is 6.61 Å². The van der Waals surface area contributed by atoms with Gasteiger partial charge in [-0.3, -0.25) is 0 Å². The van der Waals surface area contributed by atoms with Crippen molar-refractivity contribution in [2.24, 2.45) is 0 Å². The Morgan fingerprint density at radius 1 is 1.23 bits per heavy atom. The molecule has 22 heavy (non-hydrogen) atoms. The summed E-state index contributed by atoms with van der Waals surface area (Å²) >= 11 is 4.85. The van der Waals surface area contributed by atoms with Crippen molar-refractivity contribution < 1.29 is 9.52 Å². The highest BCUT2D eigenvalue weighted by atomic mass is 79.9. The molecule has 0 aliphatic heterocycles. The molecule has 4 rings (SSSR count). The molecule has 0 fully saturated rings. The summed E-state index contributed by atoms with van der Waals surface area (Å²) in [4.78, 5) is 5.35. The predicted molar refractivity (Wildman–Crippen MR) is 87.6 cm³/mol. The van der Waals surface area contributed by atoms with E-state index >= 15 is 0 Å². The van der Waals surface area contributed by atoms with Crippen molar-refractivity contribution in [2.75, 3.05) is 0 Å². The lowest BCUT2D eigenvalue weighted by Gasteiger charge is -2.01. The number of aliphatic hydroxyl groups excluding tert-OH is 1. The standard InChI is InChI=1S/C15H10BrN3O2S/c16-10-5-3-9(4-6-10)13-11(8-20)19-15(17-13)22-14(18-19)12-2-1-7-21-12/h1-7,20H,8H2. The topological polar surface area (TPSA) is 63.6 Å². The van der Waals surface area contributed by atoms with Crippen molar-refractivity contribution >= 4 is 32.2 Å². The fraction of sp³-hybridized carbons (Fsp3) is 0.0667. The molecule has 4 aromatic rings. The first-order valence-corrected chi connectivity index (χ1v) is 8.16. The zero-order valence-electron chi connectivity index (χ0n) is 11.2. The summed E-state index contributed by atoms with van der Waals surface area (Å²) < 4.78 is 8.04.